The molecule has 2 rings (SSSR count). The summed E-state index contributed by atoms with van der Waals surface area (Å²) in [7, 11) is 0. The fraction of sp³-hybridized carbons (Fsp3) is 0.357. The molecule has 0 amide bonds. The van der Waals surface area contributed by atoms with E-state index in [1.54, 1.807) is 17.4 Å². The van der Waals surface area contributed by atoms with Crippen LogP contribution in [0.2, 0.25) is 0 Å². The first kappa shape index (κ1) is 14.0. The molecular weight excluding hydrogens is 263 g/mol. The van der Waals surface area contributed by atoms with Crippen LogP contribution in [0.15, 0.2) is 23.7 Å². The van der Waals surface area contributed by atoms with Crippen molar-refractivity contribution in [2.45, 2.75) is 19.8 Å². The Morgan fingerprint density at radius 3 is 2.84 bits per heavy atom. The Labute approximate surface area is 116 Å². The molecule has 1 aromatic heterocycles. The SMILES string of the molecule is Cc1ncsc1CCOc1ccc(CCN)cc1F. The van der Waals surface area contributed by atoms with E-state index in [4.69, 9.17) is 10.5 Å². The topological polar surface area (TPSA) is 48.1 Å². The van der Waals surface area contributed by atoms with Gasteiger partial charge in [-0.3, -0.25) is 0 Å². The van der Waals surface area contributed by atoms with E-state index < -0.39 is 0 Å². The van der Waals surface area contributed by atoms with Crippen molar-refractivity contribution in [1.82, 2.24) is 4.98 Å². The molecule has 0 saturated carbocycles. The first-order valence-electron chi connectivity index (χ1n) is 6.21. The van der Waals surface area contributed by atoms with Crippen LogP contribution in [0.4, 0.5) is 4.39 Å². The summed E-state index contributed by atoms with van der Waals surface area (Å²) in [6.07, 6.45) is 1.43. The number of ether oxygens (including phenoxy) is 1. The van der Waals surface area contributed by atoms with Gasteiger partial charge >= 0.3 is 0 Å². The number of nitrogens with two attached hydrogens (primary N) is 1. The second-order valence-electron chi connectivity index (χ2n) is 4.26. The van der Waals surface area contributed by atoms with Gasteiger partial charge in [-0.2, -0.15) is 0 Å². The predicted molar refractivity (Wildman–Crippen MR) is 75.2 cm³/mol. The summed E-state index contributed by atoms with van der Waals surface area (Å²) < 4.78 is 19.2. The second-order valence-corrected chi connectivity index (χ2v) is 5.20. The standard InChI is InChI=1S/C14H17FN2OS/c1-10-14(19-9-17-10)5-7-18-13-3-2-11(4-6-16)8-12(13)15/h2-3,8-9H,4-7,16H2,1H3. The molecule has 0 unspecified atom stereocenters. The molecule has 2 aromatic rings. The minimum absolute atomic E-state index is 0.294. The normalized spacial score (nSPS) is 10.7. The third kappa shape index (κ3) is 3.75. The molecule has 102 valence electrons. The van der Waals surface area contributed by atoms with Crippen LogP contribution in [0.3, 0.4) is 0 Å². The van der Waals surface area contributed by atoms with Gasteiger partial charge in [0, 0.05) is 11.3 Å². The summed E-state index contributed by atoms with van der Waals surface area (Å²) >= 11 is 1.60. The Morgan fingerprint density at radius 2 is 2.21 bits per heavy atom. The Morgan fingerprint density at radius 1 is 1.37 bits per heavy atom. The summed E-state index contributed by atoms with van der Waals surface area (Å²) in [5.41, 5.74) is 9.17. The minimum atomic E-state index is -0.327. The number of aryl methyl sites for hydroxylation is 1. The summed E-state index contributed by atoms with van der Waals surface area (Å²) in [6, 6.07) is 5.00. The highest BCUT2D eigenvalue weighted by Crippen LogP contribution is 2.19. The molecule has 19 heavy (non-hydrogen) atoms. The lowest BCUT2D eigenvalue weighted by molar-refractivity contribution is 0.306. The third-order valence-corrected chi connectivity index (χ3v) is 3.86. The van der Waals surface area contributed by atoms with E-state index in [-0.39, 0.29) is 5.82 Å². The van der Waals surface area contributed by atoms with Gasteiger partial charge in [0.2, 0.25) is 0 Å². The lowest BCUT2D eigenvalue weighted by Crippen LogP contribution is -2.05. The first-order chi connectivity index (χ1) is 9.20. The first-order valence-corrected chi connectivity index (χ1v) is 7.09. The Kier molecular flexibility index (Phi) is 4.87. The van der Waals surface area contributed by atoms with Crippen LogP contribution in [0.5, 0.6) is 5.75 Å². The van der Waals surface area contributed by atoms with Crippen molar-refractivity contribution in [2.75, 3.05) is 13.2 Å². The maximum atomic E-state index is 13.7. The Balaban J connectivity index is 1.91. The summed E-state index contributed by atoms with van der Waals surface area (Å²) in [6.45, 7) is 2.94. The van der Waals surface area contributed by atoms with Crippen molar-refractivity contribution in [1.29, 1.82) is 0 Å². The van der Waals surface area contributed by atoms with Crippen LogP contribution in [0.1, 0.15) is 16.1 Å². The van der Waals surface area contributed by atoms with Crippen molar-refractivity contribution in [3.63, 3.8) is 0 Å². The largest absolute Gasteiger partial charge is 0.490 e. The van der Waals surface area contributed by atoms with E-state index in [2.05, 4.69) is 4.98 Å². The maximum Gasteiger partial charge on any atom is 0.165 e. The van der Waals surface area contributed by atoms with Crippen molar-refractivity contribution in [2.24, 2.45) is 5.73 Å². The van der Waals surface area contributed by atoms with Gasteiger partial charge in [-0.25, -0.2) is 9.37 Å². The smallest absolute Gasteiger partial charge is 0.165 e. The number of hydrogen-bond acceptors (Lipinski definition) is 4. The zero-order chi connectivity index (χ0) is 13.7. The van der Waals surface area contributed by atoms with Gasteiger partial charge in [0.05, 0.1) is 17.8 Å². The molecule has 0 saturated heterocycles. The summed E-state index contributed by atoms with van der Waals surface area (Å²) in [5.74, 6) is -0.0325. The fourth-order valence-corrected chi connectivity index (χ4v) is 2.57. The van der Waals surface area contributed by atoms with E-state index >= 15 is 0 Å². The average Bonchev–Trinajstić information content (AvgIpc) is 2.78. The number of halogens is 1. The molecule has 2 N–H and O–H groups in total. The number of rotatable bonds is 6. The molecule has 0 spiro atoms. The van der Waals surface area contributed by atoms with Crippen LogP contribution in [0, 0.1) is 12.7 Å². The van der Waals surface area contributed by atoms with Crippen LogP contribution in [-0.4, -0.2) is 18.1 Å². The van der Waals surface area contributed by atoms with Gasteiger partial charge in [-0.1, -0.05) is 6.07 Å². The minimum Gasteiger partial charge on any atom is -0.490 e. The highest BCUT2D eigenvalue weighted by atomic mass is 32.1. The molecule has 0 aliphatic heterocycles. The quantitative estimate of drug-likeness (QED) is 0.885. The molecule has 1 aromatic carbocycles. The van der Waals surface area contributed by atoms with Crippen LogP contribution < -0.4 is 10.5 Å². The third-order valence-electron chi connectivity index (χ3n) is 2.86. The molecule has 1 heterocycles. The molecule has 0 aliphatic rings. The number of thiazole rings is 1. The Hall–Kier alpha value is -1.46. The number of nitrogens with zero attached hydrogens (tertiary/aromatic N) is 1. The zero-order valence-corrected chi connectivity index (χ0v) is 11.7. The van der Waals surface area contributed by atoms with Gasteiger partial charge in [0.25, 0.3) is 0 Å². The predicted octanol–water partition coefficient (Wildman–Crippen LogP) is 2.71. The van der Waals surface area contributed by atoms with Crippen LogP contribution >= 0.6 is 11.3 Å². The van der Waals surface area contributed by atoms with Crippen LogP contribution in [-0.2, 0) is 12.8 Å². The molecule has 0 radical (unpaired) electrons. The molecule has 0 atom stereocenters. The molecule has 3 nitrogen and oxygen atoms in total. The van der Waals surface area contributed by atoms with Gasteiger partial charge in [0.1, 0.15) is 0 Å². The van der Waals surface area contributed by atoms with Crippen molar-refractivity contribution in [3.05, 3.63) is 45.7 Å². The lowest BCUT2D eigenvalue weighted by Gasteiger charge is -2.08. The monoisotopic (exact) mass is 280 g/mol. The highest BCUT2D eigenvalue weighted by Gasteiger charge is 2.06. The van der Waals surface area contributed by atoms with E-state index in [0.29, 0.717) is 25.3 Å². The van der Waals surface area contributed by atoms with Crippen molar-refractivity contribution < 1.29 is 9.13 Å². The highest BCUT2D eigenvalue weighted by molar-refractivity contribution is 7.09. The van der Waals surface area contributed by atoms with E-state index in [1.807, 2.05) is 18.5 Å². The van der Waals surface area contributed by atoms with E-state index in [1.165, 1.54) is 10.9 Å². The van der Waals surface area contributed by atoms with Gasteiger partial charge < -0.3 is 10.5 Å². The zero-order valence-electron chi connectivity index (χ0n) is 10.9. The Bertz CT molecular complexity index is 542. The molecule has 0 bridgehead atoms. The number of aromatic nitrogens is 1. The molecule has 0 fully saturated rings. The van der Waals surface area contributed by atoms with Gasteiger partial charge in [-0.05, 0) is 37.6 Å². The second kappa shape index (κ2) is 6.63. The van der Waals surface area contributed by atoms with Crippen LogP contribution in [0.25, 0.3) is 0 Å². The summed E-state index contributed by atoms with van der Waals surface area (Å²) in [5, 5.41) is 0. The number of hydrogen-bond donors (Lipinski definition) is 1. The lowest BCUT2D eigenvalue weighted by atomic mass is 10.1. The fourth-order valence-electron chi connectivity index (χ4n) is 1.80. The average molecular weight is 280 g/mol. The maximum absolute atomic E-state index is 13.7. The molecular formula is C14H17FN2OS. The molecule has 0 aliphatic carbocycles. The summed E-state index contributed by atoms with van der Waals surface area (Å²) in [4.78, 5) is 5.35. The number of benzene rings is 1. The van der Waals surface area contributed by atoms with Crippen molar-refractivity contribution in [3.8, 4) is 5.75 Å². The van der Waals surface area contributed by atoms with E-state index in [0.717, 1.165) is 17.7 Å². The molecule has 5 heteroatoms. The van der Waals surface area contributed by atoms with Crippen molar-refractivity contribution >= 4 is 11.3 Å². The van der Waals surface area contributed by atoms with E-state index in [9.17, 15) is 4.39 Å². The van der Waals surface area contributed by atoms with Gasteiger partial charge in [-0.15, -0.1) is 11.3 Å². The van der Waals surface area contributed by atoms with Gasteiger partial charge in [0.15, 0.2) is 11.6 Å².